The molecule has 0 aliphatic carbocycles. The number of benzene rings is 2. The minimum Gasteiger partial charge on any atom is -0.466 e. The molecule has 0 bridgehead atoms. The summed E-state index contributed by atoms with van der Waals surface area (Å²) in [5.74, 6) is -1.27. The van der Waals surface area contributed by atoms with Crippen molar-refractivity contribution >= 4 is 39.6 Å². The number of hydrogen-bond donors (Lipinski definition) is 0. The number of methoxy groups -OCH3 is 1. The summed E-state index contributed by atoms with van der Waals surface area (Å²) in [4.78, 5) is 26.3. The van der Waals surface area contributed by atoms with Crippen LogP contribution < -0.4 is 0 Å². The topological polar surface area (TPSA) is 46.6 Å². The molecule has 0 fully saturated rings. The van der Waals surface area contributed by atoms with Crippen LogP contribution in [-0.2, 0) is 9.53 Å². The summed E-state index contributed by atoms with van der Waals surface area (Å²) in [6.45, 7) is 3.93. The largest absolute Gasteiger partial charge is 0.466 e. The fraction of sp³-hybridized carbons (Fsp3) is 0.100. The molecule has 1 aliphatic heterocycles. The molecule has 0 aromatic heterocycles. The van der Waals surface area contributed by atoms with E-state index in [2.05, 4.69) is 22.5 Å². The predicted molar refractivity (Wildman–Crippen MR) is 101 cm³/mol. The standard InChI is InChI=1S/C20H15BrFNO3/c1-12-16-5-3-4-6-17(16)19(24)23(12)11-14(20(25)26-2)9-13-10-15(22)7-8-18(13)21/h3-10H,1,11H2,2H3/b14-9-. The molecule has 3 rings (SSSR count). The van der Waals surface area contributed by atoms with Crippen molar-refractivity contribution in [3.05, 3.63) is 81.6 Å². The third-order valence-electron chi connectivity index (χ3n) is 4.10. The summed E-state index contributed by atoms with van der Waals surface area (Å²) in [6.07, 6.45) is 1.50. The molecule has 1 amide bonds. The van der Waals surface area contributed by atoms with Crippen molar-refractivity contribution in [2.24, 2.45) is 0 Å². The highest BCUT2D eigenvalue weighted by atomic mass is 79.9. The second-order valence-electron chi connectivity index (χ2n) is 5.71. The molecule has 6 heteroatoms. The first-order valence-corrected chi connectivity index (χ1v) is 8.55. The summed E-state index contributed by atoms with van der Waals surface area (Å²) in [5.41, 5.74) is 2.46. The molecule has 0 unspecified atom stereocenters. The van der Waals surface area contributed by atoms with Crippen LogP contribution in [0.3, 0.4) is 0 Å². The number of esters is 1. The molecule has 2 aromatic carbocycles. The Labute approximate surface area is 158 Å². The van der Waals surface area contributed by atoms with Gasteiger partial charge in [-0.2, -0.15) is 0 Å². The van der Waals surface area contributed by atoms with E-state index in [1.54, 1.807) is 24.3 Å². The van der Waals surface area contributed by atoms with E-state index in [4.69, 9.17) is 4.74 Å². The van der Waals surface area contributed by atoms with Gasteiger partial charge in [-0.1, -0.05) is 40.7 Å². The van der Waals surface area contributed by atoms with Crippen LogP contribution in [0.5, 0.6) is 0 Å². The molecule has 0 spiro atoms. The molecule has 26 heavy (non-hydrogen) atoms. The fourth-order valence-electron chi connectivity index (χ4n) is 2.79. The quantitative estimate of drug-likeness (QED) is 0.553. The first kappa shape index (κ1) is 18.1. The molecular weight excluding hydrogens is 401 g/mol. The minimum atomic E-state index is -0.599. The minimum absolute atomic E-state index is 0.0258. The summed E-state index contributed by atoms with van der Waals surface area (Å²) < 4.78 is 19.0. The zero-order valence-electron chi connectivity index (χ0n) is 14.0. The average molecular weight is 416 g/mol. The highest BCUT2D eigenvalue weighted by Gasteiger charge is 2.32. The smallest absolute Gasteiger partial charge is 0.335 e. The van der Waals surface area contributed by atoms with Crippen molar-refractivity contribution in [3.8, 4) is 0 Å². The van der Waals surface area contributed by atoms with Crippen molar-refractivity contribution in [2.45, 2.75) is 0 Å². The molecule has 0 N–H and O–H groups in total. The number of halogens is 2. The van der Waals surface area contributed by atoms with E-state index in [0.717, 1.165) is 5.56 Å². The number of carbonyl (C=O) groups is 2. The number of amides is 1. The molecule has 2 aromatic rings. The Morgan fingerprint density at radius 2 is 1.96 bits per heavy atom. The van der Waals surface area contributed by atoms with Gasteiger partial charge in [0.2, 0.25) is 0 Å². The molecule has 0 atom stereocenters. The van der Waals surface area contributed by atoms with E-state index < -0.39 is 11.8 Å². The maximum Gasteiger partial charge on any atom is 0.335 e. The molecular formula is C20H15BrFNO3. The van der Waals surface area contributed by atoms with Crippen molar-refractivity contribution in [3.63, 3.8) is 0 Å². The van der Waals surface area contributed by atoms with Gasteiger partial charge in [0.15, 0.2) is 0 Å². The van der Waals surface area contributed by atoms with Crippen LogP contribution >= 0.6 is 15.9 Å². The van der Waals surface area contributed by atoms with E-state index in [-0.39, 0.29) is 18.0 Å². The normalized spacial score (nSPS) is 13.8. The summed E-state index contributed by atoms with van der Waals surface area (Å²) >= 11 is 3.33. The first-order valence-electron chi connectivity index (χ1n) is 7.76. The van der Waals surface area contributed by atoms with E-state index >= 15 is 0 Å². The van der Waals surface area contributed by atoms with Crippen LogP contribution in [0.1, 0.15) is 21.5 Å². The Bertz CT molecular complexity index is 917. The molecule has 0 saturated carbocycles. The van der Waals surface area contributed by atoms with Gasteiger partial charge >= 0.3 is 5.97 Å². The van der Waals surface area contributed by atoms with Crippen LogP contribution in [0.15, 0.2) is 59.1 Å². The zero-order chi connectivity index (χ0) is 18.8. The summed E-state index contributed by atoms with van der Waals surface area (Å²) in [7, 11) is 1.26. The number of rotatable bonds is 4. The lowest BCUT2D eigenvalue weighted by Gasteiger charge is -2.18. The molecule has 0 saturated heterocycles. The number of ether oxygens (including phenoxy) is 1. The van der Waals surface area contributed by atoms with E-state index in [0.29, 0.717) is 21.3 Å². The summed E-state index contributed by atoms with van der Waals surface area (Å²) in [5, 5.41) is 0. The van der Waals surface area contributed by atoms with Crippen LogP contribution in [-0.4, -0.2) is 30.4 Å². The molecule has 0 radical (unpaired) electrons. The van der Waals surface area contributed by atoms with Gasteiger partial charge in [-0.3, -0.25) is 4.79 Å². The van der Waals surface area contributed by atoms with Crippen molar-refractivity contribution < 1.29 is 18.7 Å². The van der Waals surface area contributed by atoms with Crippen molar-refractivity contribution in [1.82, 2.24) is 4.90 Å². The van der Waals surface area contributed by atoms with Gasteiger partial charge in [-0.05, 0) is 35.9 Å². The number of fused-ring (bicyclic) bond motifs is 1. The lowest BCUT2D eigenvalue weighted by Crippen LogP contribution is -2.28. The van der Waals surface area contributed by atoms with Crippen molar-refractivity contribution in [1.29, 1.82) is 0 Å². The molecule has 1 aliphatic rings. The maximum atomic E-state index is 13.5. The third-order valence-corrected chi connectivity index (χ3v) is 4.83. The highest BCUT2D eigenvalue weighted by molar-refractivity contribution is 9.10. The van der Waals surface area contributed by atoms with Gasteiger partial charge in [0.05, 0.1) is 19.2 Å². The highest BCUT2D eigenvalue weighted by Crippen LogP contribution is 2.32. The lowest BCUT2D eigenvalue weighted by atomic mass is 10.1. The summed E-state index contributed by atoms with van der Waals surface area (Å²) in [6, 6.07) is 11.3. The fourth-order valence-corrected chi connectivity index (χ4v) is 3.15. The number of nitrogens with zero attached hydrogens (tertiary/aromatic N) is 1. The van der Waals surface area contributed by atoms with Gasteiger partial charge in [-0.15, -0.1) is 0 Å². The Morgan fingerprint density at radius 1 is 1.27 bits per heavy atom. The Kier molecular flexibility index (Phi) is 5.04. The first-order chi connectivity index (χ1) is 12.4. The van der Waals surface area contributed by atoms with Gasteiger partial charge in [0.1, 0.15) is 5.82 Å². The second kappa shape index (κ2) is 7.25. The van der Waals surface area contributed by atoms with Gasteiger partial charge in [0, 0.05) is 21.3 Å². The Balaban J connectivity index is 1.97. The Hall–Kier alpha value is -2.73. The van der Waals surface area contributed by atoms with Gasteiger partial charge in [-0.25, -0.2) is 9.18 Å². The monoisotopic (exact) mass is 415 g/mol. The van der Waals surface area contributed by atoms with E-state index in [1.807, 2.05) is 6.07 Å². The molecule has 4 nitrogen and oxygen atoms in total. The SMILES string of the molecule is C=C1c2ccccc2C(=O)N1C/C(=C/c1cc(F)ccc1Br)C(=O)OC. The average Bonchev–Trinajstić information content (AvgIpc) is 2.88. The van der Waals surface area contributed by atoms with Crippen molar-refractivity contribution in [2.75, 3.05) is 13.7 Å². The third kappa shape index (κ3) is 3.32. The maximum absolute atomic E-state index is 13.5. The van der Waals surface area contributed by atoms with Crippen LogP contribution in [0.2, 0.25) is 0 Å². The van der Waals surface area contributed by atoms with Crippen LogP contribution in [0.4, 0.5) is 4.39 Å². The second-order valence-corrected chi connectivity index (χ2v) is 6.56. The molecule has 132 valence electrons. The number of hydrogen-bond acceptors (Lipinski definition) is 3. The van der Waals surface area contributed by atoms with Gasteiger partial charge in [0.25, 0.3) is 5.91 Å². The van der Waals surface area contributed by atoms with Crippen LogP contribution in [0, 0.1) is 5.82 Å². The van der Waals surface area contributed by atoms with Crippen LogP contribution in [0.25, 0.3) is 11.8 Å². The Morgan fingerprint density at radius 3 is 2.62 bits per heavy atom. The predicted octanol–water partition coefficient (Wildman–Crippen LogP) is 4.27. The van der Waals surface area contributed by atoms with E-state index in [1.165, 1.54) is 30.2 Å². The zero-order valence-corrected chi connectivity index (χ0v) is 15.5. The number of carbonyl (C=O) groups excluding carboxylic acids is 2. The lowest BCUT2D eigenvalue weighted by molar-refractivity contribution is -0.136. The van der Waals surface area contributed by atoms with E-state index in [9.17, 15) is 14.0 Å². The van der Waals surface area contributed by atoms with Gasteiger partial charge < -0.3 is 9.64 Å². The molecule has 1 heterocycles.